The molecule has 1 aromatic rings. The van der Waals surface area contributed by atoms with Crippen LogP contribution < -0.4 is 10.1 Å². The molecule has 0 aromatic heterocycles. The minimum absolute atomic E-state index is 0.0615. The number of anilines is 1. The molecule has 2 fully saturated rings. The summed E-state index contributed by atoms with van der Waals surface area (Å²) in [5, 5.41) is 3.01. The van der Waals surface area contributed by atoms with Crippen LogP contribution in [0.5, 0.6) is 5.75 Å². The molecule has 2 atom stereocenters. The maximum atomic E-state index is 12.4. The highest BCUT2D eigenvalue weighted by Crippen LogP contribution is 2.36. The minimum Gasteiger partial charge on any atom is -0.492 e. The number of nitrogens with one attached hydrogen (secondary N) is 1. The largest absolute Gasteiger partial charge is 0.492 e. The Kier molecular flexibility index (Phi) is 5.55. The molecule has 1 amide bonds. The molecule has 2 aliphatic rings. The summed E-state index contributed by atoms with van der Waals surface area (Å²) >= 11 is 0. The van der Waals surface area contributed by atoms with Gasteiger partial charge >= 0.3 is 0 Å². The zero-order chi connectivity index (χ0) is 16.1. The Hall–Kier alpha value is -1.55. The van der Waals surface area contributed by atoms with E-state index in [4.69, 9.17) is 4.74 Å². The molecule has 1 aliphatic carbocycles. The number of ether oxygens (including phenoxy) is 1. The van der Waals surface area contributed by atoms with Gasteiger partial charge in [0, 0.05) is 6.54 Å². The molecule has 4 heteroatoms. The van der Waals surface area contributed by atoms with Crippen LogP contribution in [-0.4, -0.2) is 37.0 Å². The topological polar surface area (TPSA) is 41.6 Å². The zero-order valence-electron chi connectivity index (χ0n) is 14.1. The van der Waals surface area contributed by atoms with Crippen molar-refractivity contribution >= 4 is 11.6 Å². The second kappa shape index (κ2) is 7.82. The van der Waals surface area contributed by atoms with E-state index in [0.29, 0.717) is 13.2 Å². The number of para-hydroxylation sites is 2. The van der Waals surface area contributed by atoms with Crippen LogP contribution in [0, 0.1) is 11.8 Å². The number of hydrogen-bond acceptors (Lipinski definition) is 3. The lowest BCUT2D eigenvalue weighted by atomic mass is 9.75. The van der Waals surface area contributed by atoms with Gasteiger partial charge in [0.05, 0.1) is 18.8 Å². The summed E-state index contributed by atoms with van der Waals surface area (Å²) < 4.78 is 5.57. The van der Waals surface area contributed by atoms with Crippen LogP contribution in [0.3, 0.4) is 0 Å². The van der Waals surface area contributed by atoms with E-state index in [9.17, 15) is 4.79 Å². The molecule has 0 unspecified atom stereocenters. The molecule has 0 spiro atoms. The summed E-state index contributed by atoms with van der Waals surface area (Å²) in [4.78, 5) is 14.7. The van der Waals surface area contributed by atoms with Gasteiger partial charge in [0.15, 0.2) is 0 Å². The quantitative estimate of drug-likeness (QED) is 0.903. The number of nitrogens with zero attached hydrogens (tertiary/aromatic N) is 1. The second-order valence-corrected chi connectivity index (χ2v) is 6.81. The molecule has 1 saturated carbocycles. The summed E-state index contributed by atoms with van der Waals surface area (Å²) in [6.45, 7) is 5.19. The zero-order valence-corrected chi connectivity index (χ0v) is 14.1. The van der Waals surface area contributed by atoms with Crippen LogP contribution in [0.15, 0.2) is 24.3 Å². The lowest BCUT2D eigenvalue weighted by molar-refractivity contribution is -0.118. The number of rotatable bonds is 5. The standard InChI is InChI=1S/C19H28N2O2/c1-2-23-18-10-6-5-9-17(18)20-19(22)14-21-12-11-15-7-3-4-8-16(15)13-21/h5-6,9-10,15-16H,2-4,7-8,11-14H2,1H3,(H,20,22)/t15-,16-/m0/s1. The van der Waals surface area contributed by atoms with Crippen molar-refractivity contribution in [1.29, 1.82) is 0 Å². The number of amides is 1. The molecule has 4 nitrogen and oxygen atoms in total. The van der Waals surface area contributed by atoms with Crippen molar-refractivity contribution in [3.05, 3.63) is 24.3 Å². The molecule has 1 heterocycles. The SMILES string of the molecule is CCOc1ccccc1NC(=O)CN1CC[C@@H]2CCCC[C@H]2C1. The average Bonchev–Trinajstić information content (AvgIpc) is 2.57. The lowest BCUT2D eigenvalue weighted by Gasteiger charge is -2.41. The second-order valence-electron chi connectivity index (χ2n) is 6.81. The van der Waals surface area contributed by atoms with Gasteiger partial charge < -0.3 is 10.1 Å². The number of fused-ring (bicyclic) bond motifs is 1. The number of piperidine rings is 1. The van der Waals surface area contributed by atoms with Crippen molar-refractivity contribution in [3.63, 3.8) is 0 Å². The lowest BCUT2D eigenvalue weighted by Crippen LogP contribution is -2.44. The maximum absolute atomic E-state index is 12.4. The Bertz CT molecular complexity index is 532. The molecule has 3 rings (SSSR count). The summed E-state index contributed by atoms with van der Waals surface area (Å²) in [5.74, 6) is 2.52. The Labute approximate surface area is 139 Å². The molecule has 0 bridgehead atoms. The average molecular weight is 316 g/mol. The van der Waals surface area contributed by atoms with Crippen LogP contribution in [0.1, 0.15) is 39.0 Å². The Morgan fingerprint density at radius 1 is 1.22 bits per heavy atom. The smallest absolute Gasteiger partial charge is 0.238 e. The normalized spacial score (nSPS) is 24.7. The van der Waals surface area contributed by atoms with E-state index < -0.39 is 0 Å². The number of carbonyl (C=O) groups is 1. The van der Waals surface area contributed by atoms with Crippen molar-refractivity contribution < 1.29 is 9.53 Å². The molecular weight excluding hydrogens is 288 g/mol. The third-order valence-corrected chi connectivity index (χ3v) is 5.20. The number of benzene rings is 1. The van der Waals surface area contributed by atoms with Crippen molar-refractivity contribution in [2.24, 2.45) is 11.8 Å². The number of hydrogen-bond donors (Lipinski definition) is 1. The first-order valence-electron chi connectivity index (χ1n) is 9.00. The van der Waals surface area contributed by atoms with Gasteiger partial charge in [0.25, 0.3) is 0 Å². The predicted octanol–water partition coefficient (Wildman–Crippen LogP) is 3.54. The van der Waals surface area contributed by atoms with E-state index in [-0.39, 0.29) is 5.91 Å². The van der Waals surface area contributed by atoms with Crippen LogP contribution in [0.2, 0.25) is 0 Å². The van der Waals surface area contributed by atoms with E-state index in [1.165, 1.54) is 32.1 Å². The van der Waals surface area contributed by atoms with E-state index in [0.717, 1.165) is 36.4 Å². The summed E-state index contributed by atoms with van der Waals surface area (Å²) in [6, 6.07) is 7.64. The van der Waals surface area contributed by atoms with Gasteiger partial charge in [-0.2, -0.15) is 0 Å². The Morgan fingerprint density at radius 3 is 2.83 bits per heavy atom. The van der Waals surface area contributed by atoms with Gasteiger partial charge in [0.2, 0.25) is 5.91 Å². The number of likely N-dealkylation sites (tertiary alicyclic amines) is 1. The van der Waals surface area contributed by atoms with Crippen LogP contribution in [0.4, 0.5) is 5.69 Å². The first-order chi connectivity index (χ1) is 11.3. The van der Waals surface area contributed by atoms with Gasteiger partial charge in [0.1, 0.15) is 5.75 Å². The highest BCUT2D eigenvalue weighted by atomic mass is 16.5. The highest BCUT2D eigenvalue weighted by molar-refractivity contribution is 5.93. The molecule has 0 radical (unpaired) electrons. The first kappa shape index (κ1) is 16.3. The van der Waals surface area contributed by atoms with E-state index in [1.807, 2.05) is 31.2 Å². The fourth-order valence-electron chi connectivity index (χ4n) is 4.06. The van der Waals surface area contributed by atoms with Crippen LogP contribution in [0.25, 0.3) is 0 Å². The van der Waals surface area contributed by atoms with E-state index in [1.54, 1.807) is 0 Å². The summed E-state index contributed by atoms with van der Waals surface area (Å²) in [6.07, 6.45) is 6.76. The van der Waals surface area contributed by atoms with Crippen molar-refractivity contribution in [1.82, 2.24) is 4.90 Å². The monoisotopic (exact) mass is 316 g/mol. The molecular formula is C19H28N2O2. The van der Waals surface area contributed by atoms with Crippen LogP contribution in [-0.2, 0) is 4.79 Å². The molecule has 23 heavy (non-hydrogen) atoms. The van der Waals surface area contributed by atoms with Gasteiger partial charge in [-0.1, -0.05) is 31.4 Å². The Morgan fingerprint density at radius 2 is 2.00 bits per heavy atom. The summed E-state index contributed by atoms with van der Waals surface area (Å²) in [5.41, 5.74) is 0.770. The van der Waals surface area contributed by atoms with E-state index >= 15 is 0 Å². The van der Waals surface area contributed by atoms with Crippen molar-refractivity contribution in [3.8, 4) is 5.75 Å². The Balaban J connectivity index is 1.53. The van der Waals surface area contributed by atoms with Gasteiger partial charge in [-0.05, 0) is 50.3 Å². The van der Waals surface area contributed by atoms with Gasteiger partial charge in [-0.15, -0.1) is 0 Å². The summed E-state index contributed by atoms with van der Waals surface area (Å²) in [7, 11) is 0. The molecule has 126 valence electrons. The molecule has 1 saturated heterocycles. The number of carbonyl (C=O) groups excluding carboxylic acids is 1. The van der Waals surface area contributed by atoms with Crippen molar-refractivity contribution in [2.75, 3.05) is 31.6 Å². The maximum Gasteiger partial charge on any atom is 0.238 e. The van der Waals surface area contributed by atoms with Gasteiger partial charge in [-0.3, -0.25) is 9.69 Å². The first-order valence-corrected chi connectivity index (χ1v) is 9.00. The molecule has 1 N–H and O–H groups in total. The molecule has 1 aromatic carbocycles. The third kappa shape index (κ3) is 4.25. The molecule has 1 aliphatic heterocycles. The highest BCUT2D eigenvalue weighted by Gasteiger charge is 2.31. The van der Waals surface area contributed by atoms with Gasteiger partial charge in [-0.25, -0.2) is 0 Å². The third-order valence-electron chi connectivity index (χ3n) is 5.20. The minimum atomic E-state index is 0.0615. The van der Waals surface area contributed by atoms with Crippen LogP contribution >= 0.6 is 0 Å². The van der Waals surface area contributed by atoms with Crippen molar-refractivity contribution in [2.45, 2.75) is 39.0 Å². The van der Waals surface area contributed by atoms with E-state index in [2.05, 4.69) is 10.2 Å². The predicted molar refractivity (Wildman–Crippen MR) is 92.7 cm³/mol. The fraction of sp³-hybridized carbons (Fsp3) is 0.632. The fourth-order valence-corrected chi connectivity index (χ4v) is 4.06.